The molecular weight excluding hydrogens is 314 g/mol. The van der Waals surface area contributed by atoms with Gasteiger partial charge in [0.1, 0.15) is 6.10 Å². The van der Waals surface area contributed by atoms with Gasteiger partial charge >= 0.3 is 0 Å². The van der Waals surface area contributed by atoms with E-state index in [9.17, 15) is 4.79 Å². The molecule has 1 unspecified atom stereocenters. The predicted octanol–water partition coefficient (Wildman–Crippen LogP) is 2.08. The largest absolute Gasteiger partial charge is 0.364 e. The van der Waals surface area contributed by atoms with Crippen LogP contribution >= 0.6 is 0 Å². The van der Waals surface area contributed by atoms with Crippen LogP contribution in [0.2, 0.25) is 0 Å². The first-order valence-electron chi connectivity index (χ1n) is 9.59. The first kappa shape index (κ1) is 18.4. The van der Waals surface area contributed by atoms with Crippen LogP contribution in [0, 0.1) is 5.92 Å². The summed E-state index contributed by atoms with van der Waals surface area (Å²) in [6, 6.07) is 10.7. The molecule has 3 rings (SSSR count). The number of hydrogen-bond donors (Lipinski definition) is 2. The Morgan fingerprint density at radius 3 is 2.60 bits per heavy atom. The molecule has 5 heteroatoms. The Balaban J connectivity index is 1.61. The summed E-state index contributed by atoms with van der Waals surface area (Å²) >= 11 is 0. The van der Waals surface area contributed by atoms with Gasteiger partial charge in [0.25, 0.3) is 0 Å². The van der Waals surface area contributed by atoms with Gasteiger partial charge in [-0.3, -0.25) is 9.69 Å². The summed E-state index contributed by atoms with van der Waals surface area (Å²) in [6.45, 7) is 5.62. The number of ether oxygens (including phenoxy) is 1. The smallest absolute Gasteiger partial charge is 0.249 e. The third-order valence-corrected chi connectivity index (χ3v) is 5.58. The number of amides is 1. The molecule has 2 saturated heterocycles. The molecule has 0 aliphatic carbocycles. The minimum absolute atomic E-state index is 0.00209. The zero-order chi connectivity index (χ0) is 17.6. The maximum atomic E-state index is 12.5. The van der Waals surface area contributed by atoms with Gasteiger partial charge in [0.2, 0.25) is 5.91 Å². The molecule has 2 aliphatic rings. The van der Waals surface area contributed by atoms with Crippen LogP contribution in [0.3, 0.4) is 0 Å². The van der Waals surface area contributed by atoms with Gasteiger partial charge in [-0.05, 0) is 50.3 Å². The molecule has 25 heavy (non-hydrogen) atoms. The topological polar surface area (TPSA) is 67.6 Å². The molecule has 3 N–H and O–H groups in total. The van der Waals surface area contributed by atoms with Gasteiger partial charge in [-0.1, -0.05) is 37.3 Å². The van der Waals surface area contributed by atoms with Crippen molar-refractivity contribution in [2.24, 2.45) is 11.7 Å². The molecular formula is C20H31N3O2. The van der Waals surface area contributed by atoms with Crippen LogP contribution in [0.5, 0.6) is 0 Å². The Bertz CT molecular complexity index is 543. The Morgan fingerprint density at radius 2 is 1.96 bits per heavy atom. The fourth-order valence-corrected chi connectivity index (χ4v) is 3.86. The second-order valence-corrected chi connectivity index (χ2v) is 7.45. The van der Waals surface area contributed by atoms with Crippen LogP contribution in [0.25, 0.3) is 0 Å². The van der Waals surface area contributed by atoms with Crippen molar-refractivity contribution in [1.29, 1.82) is 0 Å². The van der Waals surface area contributed by atoms with E-state index in [0.29, 0.717) is 13.1 Å². The maximum Gasteiger partial charge on any atom is 0.249 e. The molecule has 138 valence electrons. The summed E-state index contributed by atoms with van der Waals surface area (Å²) in [5.74, 6) is 0.796. The highest BCUT2D eigenvalue weighted by molar-refractivity contribution is 5.81. The van der Waals surface area contributed by atoms with Crippen molar-refractivity contribution in [3.05, 3.63) is 35.9 Å². The molecule has 0 bridgehead atoms. The third-order valence-electron chi connectivity index (χ3n) is 5.58. The monoisotopic (exact) mass is 345 g/mol. The van der Waals surface area contributed by atoms with Crippen molar-refractivity contribution >= 4 is 5.91 Å². The van der Waals surface area contributed by atoms with Gasteiger partial charge < -0.3 is 15.8 Å². The maximum absolute atomic E-state index is 12.5. The minimum atomic E-state index is -0.341. The highest BCUT2D eigenvalue weighted by Crippen LogP contribution is 2.26. The van der Waals surface area contributed by atoms with E-state index in [-0.39, 0.29) is 24.2 Å². The molecule has 1 aromatic carbocycles. The number of likely N-dealkylation sites (tertiary alicyclic amines) is 1. The molecule has 0 aromatic heterocycles. The van der Waals surface area contributed by atoms with Gasteiger partial charge in [-0.15, -0.1) is 0 Å². The number of piperidine rings is 1. The summed E-state index contributed by atoms with van der Waals surface area (Å²) in [6.07, 6.45) is 3.78. The molecule has 3 atom stereocenters. The van der Waals surface area contributed by atoms with E-state index < -0.39 is 0 Å². The number of carbonyl (C=O) groups is 1. The lowest BCUT2D eigenvalue weighted by atomic mass is 9.95. The number of nitrogens with one attached hydrogen (secondary N) is 1. The Kier molecular flexibility index (Phi) is 6.45. The Morgan fingerprint density at radius 1 is 1.24 bits per heavy atom. The van der Waals surface area contributed by atoms with Crippen molar-refractivity contribution in [1.82, 2.24) is 10.2 Å². The first-order valence-corrected chi connectivity index (χ1v) is 9.59. The zero-order valence-electron chi connectivity index (χ0n) is 15.2. The lowest BCUT2D eigenvalue weighted by molar-refractivity contribution is -0.132. The van der Waals surface area contributed by atoms with Gasteiger partial charge in [-0.2, -0.15) is 0 Å². The molecule has 0 saturated carbocycles. The van der Waals surface area contributed by atoms with Crippen molar-refractivity contribution in [3.63, 3.8) is 0 Å². The van der Waals surface area contributed by atoms with Crippen molar-refractivity contribution in [3.8, 4) is 0 Å². The SMILES string of the molecule is CC1CCN(C(CNC(=O)[C@@H]2CC[C@H](CN)O2)c2ccccc2)CC1. The van der Waals surface area contributed by atoms with E-state index >= 15 is 0 Å². The number of hydrogen-bond acceptors (Lipinski definition) is 4. The summed E-state index contributed by atoms with van der Waals surface area (Å²) in [5.41, 5.74) is 6.91. The second-order valence-electron chi connectivity index (χ2n) is 7.45. The van der Waals surface area contributed by atoms with Crippen molar-refractivity contribution < 1.29 is 9.53 Å². The summed E-state index contributed by atoms with van der Waals surface area (Å²) < 4.78 is 5.72. The summed E-state index contributed by atoms with van der Waals surface area (Å²) in [7, 11) is 0. The van der Waals surface area contributed by atoms with E-state index in [0.717, 1.165) is 31.8 Å². The quantitative estimate of drug-likeness (QED) is 0.828. The van der Waals surface area contributed by atoms with Gasteiger partial charge in [-0.25, -0.2) is 0 Å². The molecule has 2 heterocycles. The van der Waals surface area contributed by atoms with Crippen LogP contribution in [0.15, 0.2) is 30.3 Å². The average Bonchev–Trinajstić information content (AvgIpc) is 3.13. The standard InChI is InChI=1S/C20H31N3O2/c1-15-9-11-23(12-10-15)18(16-5-3-2-4-6-16)14-22-20(24)19-8-7-17(13-21)25-19/h2-6,15,17-19H,7-14,21H2,1H3,(H,22,24)/t17-,18?,19+/m1/s1. The van der Waals surface area contributed by atoms with Crippen molar-refractivity contribution in [2.45, 2.75) is 50.9 Å². The molecule has 2 fully saturated rings. The van der Waals surface area contributed by atoms with E-state index in [4.69, 9.17) is 10.5 Å². The fraction of sp³-hybridized carbons (Fsp3) is 0.650. The second kappa shape index (κ2) is 8.79. The fourth-order valence-electron chi connectivity index (χ4n) is 3.86. The normalized spacial score (nSPS) is 26.5. The minimum Gasteiger partial charge on any atom is -0.364 e. The molecule has 5 nitrogen and oxygen atoms in total. The lowest BCUT2D eigenvalue weighted by Gasteiger charge is -2.37. The van der Waals surface area contributed by atoms with Crippen LogP contribution in [-0.4, -0.2) is 49.2 Å². The van der Waals surface area contributed by atoms with Crippen LogP contribution in [-0.2, 0) is 9.53 Å². The molecule has 0 radical (unpaired) electrons. The Hall–Kier alpha value is -1.43. The van der Waals surface area contributed by atoms with E-state index in [1.165, 1.54) is 18.4 Å². The van der Waals surface area contributed by atoms with Crippen LogP contribution in [0.1, 0.15) is 44.2 Å². The zero-order valence-corrected chi connectivity index (χ0v) is 15.2. The molecule has 1 amide bonds. The lowest BCUT2D eigenvalue weighted by Crippen LogP contribution is -2.44. The van der Waals surface area contributed by atoms with Crippen LogP contribution < -0.4 is 11.1 Å². The van der Waals surface area contributed by atoms with Crippen LogP contribution in [0.4, 0.5) is 0 Å². The van der Waals surface area contributed by atoms with Gasteiger partial charge in [0.05, 0.1) is 12.1 Å². The summed E-state index contributed by atoms with van der Waals surface area (Å²) in [4.78, 5) is 15.0. The van der Waals surface area contributed by atoms with E-state index in [1.807, 2.05) is 6.07 Å². The number of carbonyl (C=O) groups excluding carboxylic acids is 1. The third kappa shape index (κ3) is 4.81. The van der Waals surface area contributed by atoms with Gasteiger partial charge in [0.15, 0.2) is 0 Å². The Labute approximate surface area is 150 Å². The average molecular weight is 345 g/mol. The molecule has 1 aromatic rings. The van der Waals surface area contributed by atoms with Gasteiger partial charge in [0, 0.05) is 13.1 Å². The summed E-state index contributed by atoms with van der Waals surface area (Å²) in [5, 5.41) is 3.13. The first-order chi connectivity index (χ1) is 12.2. The molecule has 2 aliphatic heterocycles. The predicted molar refractivity (Wildman–Crippen MR) is 99.1 cm³/mol. The van der Waals surface area contributed by atoms with Crippen molar-refractivity contribution in [2.75, 3.05) is 26.2 Å². The number of benzene rings is 1. The number of nitrogens with two attached hydrogens (primary N) is 1. The molecule has 0 spiro atoms. The highest BCUT2D eigenvalue weighted by atomic mass is 16.5. The number of nitrogens with zero attached hydrogens (tertiary/aromatic N) is 1. The number of rotatable bonds is 6. The highest BCUT2D eigenvalue weighted by Gasteiger charge is 2.31. The van der Waals surface area contributed by atoms with E-state index in [1.54, 1.807) is 0 Å². The van der Waals surface area contributed by atoms with E-state index in [2.05, 4.69) is 41.4 Å².